The van der Waals surface area contributed by atoms with Gasteiger partial charge in [0.25, 0.3) is 0 Å². The standard InChI is InChI=1S/C20H12F8N4O/c21-12-2-1-3-13(15(12)22)29-17(33)14-11(9-4-6-10(7-5-9)19(23,24)25)8-32-16(14)30-31-18(32)20(26,27)28/h1-7,11,14H,8H2,(H,29,33). The Kier molecular flexibility index (Phi) is 5.37. The van der Waals surface area contributed by atoms with Crippen LogP contribution in [0.25, 0.3) is 0 Å². The largest absolute Gasteiger partial charge is 0.451 e. The number of benzene rings is 2. The molecule has 0 bridgehead atoms. The third-order valence-electron chi connectivity index (χ3n) is 5.25. The second-order valence-corrected chi connectivity index (χ2v) is 7.28. The Balaban J connectivity index is 1.74. The van der Waals surface area contributed by atoms with E-state index in [2.05, 4.69) is 15.5 Å². The highest BCUT2D eigenvalue weighted by Crippen LogP contribution is 2.44. The summed E-state index contributed by atoms with van der Waals surface area (Å²) in [6.45, 7) is -0.466. The van der Waals surface area contributed by atoms with E-state index >= 15 is 0 Å². The van der Waals surface area contributed by atoms with Crippen LogP contribution in [0.2, 0.25) is 0 Å². The van der Waals surface area contributed by atoms with Gasteiger partial charge in [0, 0.05) is 12.5 Å². The molecule has 1 N–H and O–H groups in total. The topological polar surface area (TPSA) is 59.8 Å². The number of carbonyl (C=O) groups excluding carboxylic acids is 1. The average Bonchev–Trinajstić information content (AvgIpc) is 3.29. The van der Waals surface area contributed by atoms with Crippen molar-refractivity contribution in [2.45, 2.75) is 30.7 Å². The van der Waals surface area contributed by atoms with E-state index in [1.165, 1.54) is 0 Å². The van der Waals surface area contributed by atoms with Gasteiger partial charge in [-0.2, -0.15) is 26.3 Å². The van der Waals surface area contributed by atoms with Crippen molar-refractivity contribution in [3.05, 3.63) is 76.9 Å². The van der Waals surface area contributed by atoms with Crippen LogP contribution in [0.5, 0.6) is 0 Å². The number of anilines is 1. The summed E-state index contributed by atoms with van der Waals surface area (Å²) in [6, 6.07) is 6.52. The van der Waals surface area contributed by atoms with E-state index in [9.17, 15) is 39.9 Å². The van der Waals surface area contributed by atoms with Gasteiger partial charge in [-0.05, 0) is 29.8 Å². The first-order chi connectivity index (χ1) is 15.4. The predicted octanol–water partition coefficient (Wildman–Crippen LogP) is 5.11. The lowest BCUT2D eigenvalue weighted by molar-refractivity contribution is -0.147. The second-order valence-electron chi connectivity index (χ2n) is 7.28. The first-order valence-electron chi connectivity index (χ1n) is 9.30. The number of carbonyl (C=O) groups is 1. The minimum absolute atomic E-state index is 0.126. The minimum atomic E-state index is -4.91. The number of aromatic nitrogens is 3. The van der Waals surface area contributed by atoms with Crippen molar-refractivity contribution in [1.82, 2.24) is 14.8 Å². The number of hydrogen-bond donors (Lipinski definition) is 1. The van der Waals surface area contributed by atoms with Crippen LogP contribution in [0.4, 0.5) is 40.8 Å². The summed E-state index contributed by atoms with van der Waals surface area (Å²) in [5.41, 5.74) is -1.41. The molecule has 0 fully saturated rings. The van der Waals surface area contributed by atoms with E-state index in [0.29, 0.717) is 4.57 Å². The monoisotopic (exact) mass is 476 g/mol. The molecule has 3 aromatic rings. The molecule has 1 aliphatic heterocycles. The highest BCUT2D eigenvalue weighted by molar-refractivity contribution is 5.96. The quantitative estimate of drug-likeness (QED) is 0.535. The first-order valence-corrected chi connectivity index (χ1v) is 9.30. The number of rotatable bonds is 3. The molecule has 13 heteroatoms. The highest BCUT2D eigenvalue weighted by Gasteiger charge is 2.47. The van der Waals surface area contributed by atoms with E-state index in [-0.39, 0.29) is 5.56 Å². The van der Waals surface area contributed by atoms with E-state index in [4.69, 9.17) is 0 Å². The Morgan fingerprint density at radius 1 is 0.939 bits per heavy atom. The number of nitrogens with zero attached hydrogens (tertiary/aromatic N) is 3. The highest BCUT2D eigenvalue weighted by atomic mass is 19.4. The zero-order valence-electron chi connectivity index (χ0n) is 16.2. The molecule has 174 valence electrons. The van der Waals surface area contributed by atoms with Crippen molar-refractivity contribution in [1.29, 1.82) is 0 Å². The number of nitrogens with one attached hydrogen (secondary N) is 1. The molecule has 1 aromatic heterocycles. The van der Waals surface area contributed by atoms with Crippen LogP contribution in [0.3, 0.4) is 0 Å². The molecule has 0 saturated carbocycles. The van der Waals surface area contributed by atoms with E-state index < -0.39 is 71.2 Å². The summed E-state index contributed by atoms with van der Waals surface area (Å²) in [4.78, 5) is 13.0. The lowest BCUT2D eigenvalue weighted by Crippen LogP contribution is -2.25. The molecule has 5 nitrogen and oxygen atoms in total. The fourth-order valence-electron chi connectivity index (χ4n) is 3.74. The molecule has 0 spiro atoms. The summed E-state index contributed by atoms with van der Waals surface area (Å²) < 4.78 is 107. The molecular formula is C20H12F8N4O. The summed E-state index contributed by atoms with van der Waals surface area (Å²) in [5.74, 6) is -8.00. The maximum absolute atomic E-state index is 14.0. The number of alkyl halides is 6. The third kappa shape index (κ3) is 4.14. The van der Waals surface area contributed by atoms with Crippen LogP contribution in [0, 0.1) is 11.6 Å². The Morgan fingerprint density at radius 2 is 1.61 bits per heavy atom. The minimum Gasteiger partial charge on any atom is -0.323 e. The van der Waals surface area contributed by atoms with E-state index in [1.54, 1.807) is 0 Å². The molecule has 2 heterocycles. The van der Waals surface area contributed by atoms with Gasteiger partial charge in [0.1, 0.15) is 11.7 Å². The van der Waals surface area contributed by atoms with Crippen LogP contribution in [0.1, 0.15) is 34.6 Å². The lowest BCUT2D eigenvalue weighted by Gasteiger charge is -2.19. The second kappa shape index (κ2) is 7.81. The molecule has 1 aliphatic rings. The summed E-state index contributed by atoms with van der Waals surface area (Å²) in [6.07, 6.45) is -9.55. The van der Waals surface area contributed by atoms with Crippen molar-refractivity contribution >= 4 is 11.6 Å². The van der Waals surface area contributed by atoms with Gasteiger partial charge in [-0.25, -0.2) is 8.78 Å². The van der Waals surface area contributed by atoms with Gasteiger partial charge < -0.3 is 9.88 Å². The number of amides is 1. The molecule has 0 saturated heterocycles. The zero-order chi connectivity index (χ0) is 24.1. The van der Waals surface area contributed by atoms with Crippen LogP contribution in [-0.2, 0) is 23.7 Å². The Labute approximate surface area is 180 Å². The average molecular weight is 476 g/mol. The molecule has 1 amide bonds. The van der Waals surface area contributed by atoms with Crippen molar-refractivity contribution in [2.24, 2.45) is 0 Å². The molecule has 2 aromatic carbocycles. The van der Waals surface area contributed by atoms with Crippen LogP contribution >= 0.6 is 0 Å². The van der Waals surface area contributed by atoms with Crippen molar-refractivity contribution < 1.29 is 39.9 Å². The van der Waals surface area contributed by atoms with Gasteiger partial charge in [-0.3, -0.25) is 4.79 Å². The number of hydrogen-bond acceptors (Lipinski definition) is 3. The summed E-state index contributed by atoms with van der Waals surface area (Å²) >= 11 is 0. The molecule has 2 unspecified atom stereocenters. The number of fused-ring (bicyclic) bond motifs is 1. The van der Waals surface area contributed by atoms with E-state index in [1.807, 2.05) is 0 Å². The Morgan fingerprint density at radius 3 is 2.21 bits per heavy atom. The predicted molar refractivity (Wildman–Crippen MR) is 96.9 cm³/mol. The van der Waals surface area contributed by atoms with Crippen LogP contribution < -0.4 is 5.32 Å². The van der Waals surface area contributed by atoms with Gasteiger partial charge in [0.15, 0.2) is 11.6 Å². The smallest absolute Gasteiger partial charge is 0.323 e. The van der Waals surface area contributed by atoms with E-state index in [0.717, 1.165) is 42.5 Å². The van der Waals surface area contributed by atoms with Gasteiger partial charge in [0.05, 0.1) is 11.3 Å². The normalized spacial score (nSPS) is 18.3. The zero-order valence-corrected chi connectivity index (χ0v) is 16.2. The molecule has 0 radical (unpaired) electrons. The van der Waals surface area contributed by atoms with Gasteiger partial charge in [-0.15, -0.1) is 10.2 Å². The maximum atomic E-state index is 14.0. The SMILES string of the molecule is O=C(Nc1cccc(F)c1F)C1c2nnc(C(F)(F)F)n2CC1c1ccc(C(F)(F)F)cc1. The van der Waals surface area contributed by atoms with Gasteiger partial charge in [-0.1, -0.05) is 18.2 Å². The lowest BCUT2D eigenvalue weighted by atomic mass is 9.87. The molecule has 4 rings (SSSR count). The number of halogens is 8. The summed E-state index contributed by atoms with van der Waals surface area (Å²) in [7, 11) is 0. The fraction of sp³-hybridized carbons (Fsp3) is 0.250. The Hall–Kier alpha value is -3.51. The van der Waals surface area contributed by atoms with Crippen LogP contribution in [0.15, 0.2) is 42.5 Å². The fourth-order valence-corrected chi connectivity index (χ4v) is 3.74. The van der Waals surface area contributed by atoms with Crippen molar-refractivity contribution in [3.8, 4) is 0 Å². The van der Waals surface area contributed by atoms with Crippen molar-refractivity contribution in [2.75, 3.05) is 5.32 Å². The Bertz CT molecular complexity index is 1200. The maximum Gasteiger partial charge on any atom is 0.451 e. The molecule has 33 heavy (non-hydrogen) atoms. The summed E-state index contributed by atoms with van der Waals surface area (Å²) in [5, 5.41) is 8.67. The van der Waals surface area contributed by atoms with Gasteiger partial charge >= 0.3 is 12.4 Å². The molecule has 0 aliphatic carbocycles. The van der Waals surface area contributed by atoms with Crippen molar-refractivity contribution in [3.63, 3.8) is 0 Å². The first kappa shape index (κ1) is 22.7. The third-order valence-corrected chi connectivity index (χ3v) is 5.25. The van der Waals surface area contributed by atoms with Gasteiger partial charge in [0.2, 0.25) is 11.7 Å². The van der Waals surface area contributed by atoms with Crippen LogP contribution in [-0.4, -0.2) is 20.7 Å². The molecule has 2 atom stereocenters. The molecular weight excluding hydrogens is 464 g/mol.